The molecule has 2 heteroatoms. The summed E-state index contributed by atoms with van der Waals surface area (Å²) < 4.78 is 12.9. The number of aryl methyl sites for hydroxylation is 1. The van der Waals surface area contributed by atoms with Crippen molar-refractivity contribution in [2.75, 3.05) is 0 Å². The van der Waals surface area contributed by atoms with Gasteiger partial charge >= 0.3 is 0 Å². The Balaban J connectivity index is 1.95. The summed E-state index contributed by atoms with van der Waals surface area (Å²) in [4.78, 5) is 12.6. The normalized spacial score (nSPS) is 17.8. The number of Topliss-reactive ketones (excluding diaryl/α,β-unsaturated/α-hetero) is 1. The van der Waals surface area contributed by atoms with Gasteiger partial charge in [0, 0.05) is 11.5 Å². The minimum absolute atomic E-state index is 0.0737. The van der Waals surface area contributed by atoms with Crippen LogP contribution in [0.5, 0.6) is 0 Å². The smallest absolute Gasteiger partial charge is 0.170 e. The van der Waals surface area contributed by atoms with Crippen molar-refractivity contribution in [3.63, 3.8) is 0 Å². The predicted octanol–water partition coefficient (Wildman–Crippen LogP) is 4.13. The van der Waals surface area contributed by atoms with Crippen LogP contribution in [0.25, 0.3) is 0 Å². The molecule has 3 rings (SSSR count). The first-order chi connectivity index (χ1) is 9.25. The van der Waals surface area contributed by atoms with Gasteiger partial charge in [0.1, 0.15) is 5.82 Å². The summed E-state index contributed by atoms with van der Waals surface area (Å²) in [5.74, 6) is -0.275. The molecule has 1 aliphatic carbocycles. The molecule has 0 aromatic heterocycles. The van der Waals surface area contributed by atoms with Crippen LogP contribution >= 0.6 is 0 Å². The number of benzene rings is 2. The molecule has 0 saturated carbocycles. The molecule has 0 radical (unpaired) electrons. The number of halogens is 1. The lowest BCUT2D eigenvalue weighted by molar-refractivity contribution is 0.0951. The van der Waals surface area contributed by atoms with Crippen molar-refractivity contribution in [3.8, 4) is 0 Å². The van der Waals surface area contributed by atoms with Crippen molar-refractivity contribution < 1.29 is 9.18 Å². The van der Waals surface area contributed by atoms with Gasteiger partial charge < -0.3 is 0 Å². The fraction of sp³-hybridized carbons (Fsp3) is 0.235. The zero-order valence-corrected chi connectivity index (χ0v) is 10.6. The second-order valence-electron chi connectivity index (χ2n) is 5.01. The number of carbonyl (C=O) groups excluding carboxylic acids is 1. The van der Waals surface area contributed by atoms with Gasteiger partial charge in [0.05, 0.1) is 0 Å². The highest BCUT2D eigenvalue weighted by atomic mass is 19.1. The third kappa shape index (κ3) is 2.30. The maximum absolute atomic E-state index is 12.9. The van der Waals surface area contributed by atoms with E-state index in [9.17, 15) is 9.18 Å². The van der Waals surface area contributed by atoms with Gasteiger partial charge in [0.15, 0.2) is 5.78 Å². The second kappa shape index (κ2) is 4.96. The van der Waals surface area contributed by atoms with Crippen molar-refractivity contribution in [2.24, 2.45) is 0 Å². The van der Waals surface area contributed by atoms with Gasteiger partial charge in [-0.3, -0.25) is 4.79 Å². The Morgan fingerprint density at radius 2 is 1.79 bits per heavy atom. The Bertz CT molecular complexity index is 601. The number of hydrogen-bond donors (Lipinski definition) is 0. The Morgan fingerprint density at radius 3 is 2.58 bits per heavy atom. The van der Waals surface area contributed by atoms with Crippen molar-refractivity contribution in [3.05, 3.63) is 71.0 Å². The summed E-state index contributed by atoms with van der Waals surface area (Å²) in [5.41, 5.74) is 3.01. The molecule has 0 heterocycles. The largest absolute Gasteiger partial charge is 0.293 e. The van der Waals surface area contributed by atoms with Crippen LogP contribution in [0, 0.1) is 5.82 Å². The average molecular weight is 254 g/mol. The molecule has 2 aromatic carbocycles. The van der Waals surface area contributed by atoms with Crippen LogP contribution in [-0.2, 0) is 6.42 Å². The molecule has 1 unspecified atom stereocenters. The highest BCUT2D eigenvalue weighted by Crippen LogP contribution is 2.33. The lowest BCUT2D eigenvalue weighted by atomic mass is 9.79. The highest BCUT2D eigenvalue weighted by Gasteiger charge is 2.26. The van der Waals surface area contributed by atoms with Crippen LogP contribution in [0.2, 0.25) is 0 Å². The number of rotatable bonds is 2. The summed E-state index contributed by atoms with van der Waals surface area (Å²) in [6.45, 7) is 0. The fourth-order valence-electron chi connectivity index (χ4n) is 2.84. The summed E-state index contributed by atoms with van der Waals surface area (Å²) in [7, 11) is 0. The molecule has 0 N–H and O–H groups in total. The van der Waals surface area contributed by atoms with Gasteiger partial charge in [-0.05, 0) is 54.7 Å². The molecule has 19 heavy (non-hydrogen) atoms. The lowest BCUT2D eigenvalue weighted by Gasteiger charge is -2.24. The van der Waals surface area contributed by atoms with Crippen LogP contribution in [0.3, 0.4) is 0 Å². The maximum Gasteiger partial charge on any atom is 0.170 e. The lowest BCUT2D eigenvalue weighted by Crippen LogP contribution is -2.18. The molecule has 0 saturated heterocycles. The van der Waals surface area contributed by atoms with E-state index in [2.05, 4.69) is 6.07 Å². The molecule has 0 fully saturated rings. The van der Waals surface area contributed by atoms with E-state index in [-0.39, 0.29) is 17.5 Å². The Morgan fingerprint density at radius 1 is 1.05 bits per heavy atom. The molecule has 1 atom stereocenters. The molecule has 1 aliphatic rings. The Kier molecular flexibility index (Phi) is 3.16. The zero-order valence-electron chi connectivity index (χ0n) is 10.6. The van der Waals surface area contributed by atoms with Crippen LogP contribution in [0.4, 0.5) is 4.39 Å². The van der Waals surface area contributed by atoms with E-state index in [4.69, 9.17) is 0 Å². The van der Waals surface area contributed by atoms with Gasteiger partial charge in [0.25, 0.3) is 0 Å². The van der Waals surface area contributed by atoms with Crippen LogP contribution < -0.4 is 0 Å². The van der Waals surface area contributed by atoms with E-state index in [1.54, 1.807) is 12.1 Å². The highest BCUT2D eigenvalue weighted by molar-refractivity contribution is 6.01. The molecule has 0 spiro atoms. The summed E-state index contributed by atoms with van der Waals surface area (Å²) in [5, 5.41) is 0. The third-order valence-electron chi connectivity index (χ3n) is 3.81. The van der Waals surface area contributed by atoms with Gasteiger partial charge in [0.2, 0.25) is 0 Å². The molecule has 96 valence electrons. The van der Waals surface area contributed by atoms with Gasteiger partial charge in [-0.2, -0.15) is 0 Å². The number of hydrogen-bond acceptors (Lipinski definition) is 1. The molecule has 0 bridgehead atoms. The molecular weight excluding hydrogens is 239 g/mol. The van der Waals surface area contributed by atoms with Crippen molar-refractivity contribution in [2.45, 2.75) is 25.2 Å². The summed E-state index contributed by atoms with van der Waals surface area (Å²) in [6.07, 6.45) is 2.96. The second-order valence-corrected chi connectivity index (χ2v) is 5.01. The first kappa shape index (κ1) is 12.1. The van der Waals surface area contributed by atoms with E-state index >= 15 is 0 Å². The Hall–Kier alpha value is -1.96. The zero-order chi connectivity index (χ0) is 13.2. The van der Waals surface area contributed by atoms with E-state index in [1.165, 1.54) is 17.7 Å². The number of ketones is 1. The van der Waals surface area contributed by atoms with E-state index < -0.39 is 0 Å². The van der Waals surface area contributed by atoms with Gasteiger partial charge in [-0.15, -0.1) is 0 Å². The molecule has 0 aliphatic heterocycles. The van der Waals surface area contributed by atoms with Crippen molar-refractivity contribution in [1.29, 1.82) is 0 Å². The molecular formula is C17H15FO. The van der Waals surface area contributed by atoms with E-state index in [0.717, 1.165) is 24.8 Å². The van der Waals surface area contributed by atoms with Crippen molar-refractivity contribution >= 4 is 5.78 Å². The summed E-state index contributed by atoms with van der Waals surface area (Å²) >= 11 is 0. The standard InChI is InChI=1S/C17H15FO/c18-14-10-8-13(9-11-14)17(19)16-7-3-5-12-4-1-2-6-15(12)16/h1-2,4,6,8-11,16H,3,5,7H2. The Labute approximate surface area is 112 Å². The number of fused-ring (bicyclic) bond motifs is 1. The fourth-order valence-corrected chi connectivity index (χ4v) is 2.84. The SMILES string of the molecule is O=C(c1ccc(F)cc1)C1CCCc2ccccc21. The van der Waals surface area contributed by atoms with Gasteiger partial charge in [-0.25, -0.2) is 4.39 Å². The van der Waals surface area contributed by atoms with Crippen LogP contribution in [0.15, 0.2) is 48.5 Å². The van der Waals surface area contributed by atoms with Gasteiger partial charge in [-0.1, -0.05) is 24.3 Å². The topological polar surface area (TPSA) is 17.1 Å². The maximum atomic E-state index is 12.9. The molecule has 0 amide bonds. The van der Waals surface area contributed by atoms with Crippen molar-refractivity contribution in [1.82, 2.24) is 0 Å². The average Bonchev–Trinajstić information content (AvgIpc) is 2.47. The first-order valence-corrected chi connectivity index (χ1v) is 6.63. The van der Waals surface area contributed by atoms with E-state index in [1.807, 2.05) is 18.2 Å². The molecule has 1 nitrogen and oxygen atoms in total. The number of carbonyl (C=O) groups is 1. The quantitative estimate of drug-likeness (QED) is 0.736. The van der Waals surface area contributed by atoms with E-state index in [0.29, 0.717) is 5.56 Å². The van der Waals surface area contributed by atoms with Crippen LogP contribution in [0.1, 0.15) is 40.2 Å². The molecule has 2 aromatic rings. The first-order valence-electron chi connectivity index (χ1n) is 6.63. The summed E-state index contributed by atoms with van der Waals surface area (Å²) in [6, 6.07) is 14.0. The van der Waals surface area contributed by atoms with Crippen LogP contribution in [-0.4, -0.2) is 5.78 Å². The monoisotopic (exact) mass is 254 g/mol. The minimum Gasteiger partial charge on any atom is -0.293 e. The minimum atomic E-state index is -0.305. The third-order valence-corrected chi connectivity index (χ3v) is 3.81. The predicted molar refractivity (Wildman–Crippen MR) is 72.9 cm³/mol.